The molecule has 2 rings (SSSR count). The molecular weight excluding hydrogens is 280 g/mol. The molecule has 2 N–H and O–H groups in total. The van der Waals surface area contributed by atoms with Crippen molar-refractivity contribution in [3.05, 3.63) is 16.0 Å². The third-order valence-electron chi connectivity index (χ3n) is 3.00. The molecule has 1 aliphatic carbocycles. The van der Waals surface area contributed by atoms with Crippen molar-refractivity contribution in [1.82, 2.24) is 5.32 Å². The summed E-state index contributed by atoms with van der Waals surface area (Å²) in [6.45, 7) is 6.10. The Bertz CT molecular complexity index is 507. The van der Waals surface area contributed by atoms with Crippen LogP contribution in [0.5, 0.6) is 0 Å². The van der Waals surface area contributed by atoms with E-state index in [0.717, 1.165) is 28.3 Å². The van der Waals surface area contributed by atoms with Crippen LogP contribution in [-0.2, 0) is 4.74 Å². The third-order valence-corrected chi connectivity index (χ3v) is 4.35. The van der Waals surface area contributed by atoms with E-state index in [9.17, 15) is 4.79 Å². The van der Waals surface area contributed by atoms with Crippen LogP contribution in [0.2, 0.25) is 0 Å². The first-order valence-corrected chi connectivity index (χ1v) is 7.60. The van der Waals surface area contributed by atoms with E-state index in [4.69, 9.17) is 17.0 Å². The van der Waals surface area contributed by atoms with Gasteiger partial charge in [-0.25, -0.2) is 4.79 Å². The summed E-state index contributed by atoms with van der Waals surface area (Å²) in [7, 11) is 0. The summed E-state index contributed by atoms with van der Waals surface area (Å²) in [6, 6.07) is 0.494. The maximum absolute atomic E-state index is 12.0. The number of ether oxygens (including phenoxy) is 1. The molecule has 0 amide bonds. The van der Waals surface area contributed by atoms with Gasteiger partial charge < -0.3 is 15.4 Å². The van der Waals surface area contributed by atoms with E-state index in [0.29, 0.717) is 23.3 Å². The molecule has 0 radical (unpaired) electrons. The second-order valence-corrected chi connectivity index (χ2v) is 6.21. The van der Waals surface area contributed by atoms with Crippen molar-refractivity contribution >= 4 is 39.6 Å². The zero-order valence-electron chi connectivity index (χ0n) is 11.3. The van der Waals surface area contributed by atoms with Crippen LogP contribution < -0.4 is 10.6 Å². The number of nitrogens with one attached hydrogen (secondary N) is 2. The van der Waals surface area contributed by atoms with E-state index in [1.54, 1.807) is 6.92 Å². The molecule has 0 aromatic carbocycles. The molecule has 1 saturated carbocycles. The fourth-order valence-electron chi connectivity index (χ4n) is 1.72. The van der Waals surface area contributed by atoms with Crippen LogP contribution in [0.4, 0.5) is 5.00 Å². The van der Waals surface area contributed by atoms with Gasteiger partial charge in [0.05, 0.1) is 12.2 Å². The molecule has 0 unspecified atom stereocenters. The fourth-order valence-corrected chi connectivity index (χ4v) is 3.10. The molecular formula is C13H18N2O2S2. The van der Waals surface area contributed by atoms with Gasteiger partial charge in [-0.2, -0.15) is 0 Å². The molecule has 1 aromatic heterocycles. The average Bonchev–Trinajstić information content (AvgIpc) is 3.08. The normalized spacial score (nSPS) is 14.1. The number of hydrogen-bond donors (Lipinski definition) is 2. The molecule has 1 fully saturated rings. The Balaban J connectivity index is 2.16. The summed E-state index contributed by atoms with van der Waals surface area (Å²) in [5, 5.41) is 7.67. The topological polar surface area (TPSA) is 50.4 Å². The molecule has 0 atom stereocenters. The van der Waals surface area contributed by atoms with Gasteiger partial charge in [0.2, 0.25) is 0 Å². The van der Waals surface area contributed by atoms with Crippen molar-refractivity contribution in [2.45, 2.75) is 39.7 Å². The van der Waals surface area contributed by atoms with E-state index >= 15 is 0 Å². The molecule has 0 aliphatic heterocycles. The molecule has 6 heteroatoms. The lowest BCUT2D eigenvalue weighted by atomic mass is 10.1. The molecule has 1 aromatic rings. The summed E-state index contributed by atoms with van der Waals surface area (Å²) in [5.74, 6) is -0.291. The Labute approximate surface area is 122 Å². The molecule has 0 spiro atoms. The average molecular weight is 298 g/mol. The second-order valence-electron chi connectivity index (χ2n) is 4.58. The monoisotopic (exact) mass is 298 g/mol. The Morgan fingerprint density at radius 1 is 1.47 bits per heavy atom. The number of rotatable bonds is 4. The van der Waals surface area contributed by atoms with Gasteiger partial charge >= 0.3 is 5.97 Å². The molecule has 1 aliphatic rings. The van der Waals surface area contributed by atoms with E-state index in [1.807, 2.05) is 13.8 Å². The highest BCUT2D eigenvalue weighted by molar-refractivity contribution is 7.80. The lowest BCUT2D eigenvalue weighted by Gasteiger charge is -2.10. The highest BCUT2D eigenvalue weighted by Crippen LogP contribution is 2.33. The van der Waals surface area contributed by atoms with Crippen molar-refractivity contribution in [1.29, 1.82) is 0 Å². The summed E-state index contributed by atoms with van der Waals surface area (Å²) in [4.78, 5) is 13.1. The molecule has 0 saturated heterocycles. The van der Waals surface area contributed by atoms with Gasteiger partial charge in [0, 0.05) is 10.9 Å². The number of carbonyl (C=O) groups excluding carboxylic acids is 1. The van der Waals surface area contributed by atoms with Crippen LogP contribution >= 0.6 is 23.6 Å². The lowest BCUT2D eigenvalue weighted by molar-refractivity contribution is 0.0527. The minimum Gasteiger partial charge on any atom is -0.462 e. The van der Waals surface area contributed by atoms with Gasteiger partial charge in [-0.05, 0) is 51.4 Å². The number of hydrogen-bond acceptors (Lipinski definition) is 4. The predicted octanol–water partition coefficient (Wildman–Crippen LogP) is 2.99. The Kier molecular flexibility index (Phi) is 4.42. The highest BCUT2D eigenvalue weighted by atomic mass is 32.1. The fraction of sp³-hybridized carbons (Fsp3) is 0.538. The Hall–Kier alpha value is -1.14. The quantitative estimate of drug-likeness (QED) is 0.661. The van der Waals surface area contributed by atoms with Crippen LogP contribution in [0.3, 0.4) is 0 Å². The van der Waals surface area contributed by atoms with Crippen LogP contribution in [-0.4, -0.2) is 23.7 Å². The van der Waals surface area contributed by atoms with Gasteiger partial charge in [-0.3, -0.25) is 0 Å². The summed E-state index contributed by atoms with van der Waals surface area (Å²) >= 11 is 6.78. The van der Waals surface area contributed by atoms with Crippen LogP contribution in [0, 0.1) is 13.8 Å². The smallest absolute Gasteiger partial charge is 0.341 e. The van der Waals surface area contributed by atoms with Crippen LogP contribution in [0.15, 0.2) is 0 Å². The molecule has 19 heavy (non-hydrogen) atoms. The zero-order valence-corrected chi connectivity index (χ0v) is 13.0. The SMILES string of the molecule is CCOC(=O)c1c(NC(=S)NC2CC2)sc(C)c1C. The molecule has 104 valence electrons. The van der Waals surface area contributed by atoms with Crippen LogP contribution in [0.1, 0.15) is 40.6 Å². The first-order chi connectivity index (χ1) is 9.02. The number of carbonyl (C=O) groups is 1. The highest BCUT2D eigenvalue weighted by Gasteiger charge is 2.24. The minimum absolute atomic E-state index is 0.291. The summed E-state index contributed by atoms with van der Waals surface area (Å²) in [6.07, 6.45) is 2.32. The Morgan fingerprint density at radius 3 is 2.74 bits per heavy atom. The van der Waals surface area contributed by atoms with Crippen molar-refractivity contribution < 1.29 is 9.53 Å². The van der Waals surface area contributed by atoms with Crippen molar-refractivity contribution in [3.8, 4) is 0 Å². The Morgan fingerprint density at radius 2 is 2.16 bits per heavy atom. The van der Waals surface area contributed by atoms with Gasteiger partial charge in [-0.1, -0.05) is 0 Å². The van der Waals surface area contributed by atoms with Gasteiger partial charge in [-0.15, -0.1) is 11.3 Å². The molecule has 1 heterocycles. The van der Waals surface area contributed by atoms with E-state index in [-0.39, 0.29) is 5.97 Å². The lowest BCUT2D eigenvalue weighted by Crippen LogP contribution is -2.30. The number of esters is 1. The van der Waals surface area contributed by atoms with E-state index in [1.165, 1.54) is 11.3 Å². The van der Waals surface area contributed by atoms with Crippen molar-refractivity contribution in [2.75, 3.05) is 11.9 Å². The van der Waals surface area contributed by atoms with Gasteiger partial charge in [0.1, 0.15) is 5.00 Å². The number of thiophene rings is 1. The maximum Gasteiger partial charge on any atom is 0.341 e. The zero-order chi connectivity index (χ0) is 14.0. The van der Waals surface area contributed by atoms with E-state index in [2.05, 4.69) is 10.6 Å². The molecule has 4 nitrogen and oxygen atoms in total. The van der Waals surface area contributed by atoms with E-state index < -0.39 is 0 Å². The second kappa shape index (κ2) is 5.88. The minimum atomic E-state index is -0.291. The maximum atomic E-state index is 12.0. The number of thiocarbonyl (C=S) groups is 1. The number of aryl methyl sites for hydroxylation is 1. The summed E-state index contributed by atoms with van der Waals surface area (Å²) < 4.78 is 5.10. The first kappa shape index (κ1) is 14.3. The summed E-state index contributed by atoms with van der Waals surface area (Å²) in [5.41, 5.74) is 1.56. The predicted molar refractivity (Wildman–Crippen MR) is 82.1 cm³/mol. The number of anilines is 1. The largest absolute Gasteiger partial charge is 0.462 e. The van der Waals surface area contributed by atoms with Crippen molar-refractivity contribution in [3.63, 3.8) is 0 Å². The van der Waals surface area contributed by atoms with Crippen molar-refractivity contribution in [2.24, 2.45) is 0 Å². The first-order valence-electron chi connectivity index (χ1n) is 6.37. The third kappa shape index (κ3) is 3.45. The molecule has 0 bridgehead atoms. The van der Waals surface area contributed by atoms with Gasteiger partial charge in [0.15, 0.2) is 5.11 Å². The standard InChI is InChI=1S/C13H18N2O2S2/c1-4-17-12(16)10-7(2)8(3)19-11(10)15-13(18)14-9-5-6-9/h9H,4-6H2,1-3H3,(H2,14,15,18). The van der Waals surface area contributed by atoms with Crippen LogP contribution in [0.25, 0.3) is 0 Å². The van der Waals surface area contributed by atoms with Gasteiger partial charge in [0.25, 0.3) is 0 Å².